The molecule has 0 aliphatic heterocycles. The molecule has 1 rings (SSSR count). The van der Waals surface area contributed by atoms with E-state index in [0.717, 1.165) is 25.7 Å². The largest absolute Gasteiger partial charge is 0.351 e. The Morgan fingerprint density at radius 3 is 2.57 bits per heavy atom. The van der Waals surface area contributed by atoms with Crippen molar-refractivity contribution < 1.29 is 9.59 Å². The second-order valence-electron chi connectivity index (χ2n) is 6.11. The second kappa shape index (κ2) is 10.6. The van der Waals surface area contributed by atoms with Gasteiger partial charge in [-0.1, -0.05) is 45.4 Å². The molecule has 0 radical (unpaired) electrons. The van der Waals surface area contributed by atoms with Crippen molar-refractivity contribution in [1.82, 2.24) is 10.6 Å². The highest BCUT2D eigenvalue weighted by Crippen LogP contribution is 2.28. The van der Waals surface area contributed by atoms with E-state index in [1.807, 2.05) is 0 Å². The summed E-state index contributed by atoms with van der Waals surface area (Å²) in [4.78, 5) is 23.5. The van der Waals surface area contributed by atoms with Gasteiger partial charge in [0.1, 0.15) is 0 Å². The van der Waals surface area contributed by atoms with Gasteiger partial charge in [-0.15, -0.1) is 0 Å². The Labute approximate surface area is 128 Å². The minimum atomic E-state index is -0.143. The molecule has 0 aromatic carbocycles. The first-order valence-corrected chi connectivity index (χ1v) is 8.41. The fourth-order valence-corrected chi connectivity index (χ4v) is 2.88. The van der Waals surface area contributed by atoms with Crippen LogP contribution in [0.5, 0.6) is 0 Å². The monoisotopic (exact) mass is 297 g/mol. The summed E-state index contributed by atoms with van der Waals surface area (Å²) in [5.41, 5.74) is 5.63. The van der Waals surface area contributed by atoms with Gasteiger partial charge in [0, 0.05) is 19.0 Å². The highest BCUT2D eigenvalue weighted by Gasteiger charge is 2.16. The molecule has 0 aromatic rings. The van der Waals surface area contributed by atoms with Gasteiger partial charge in [0.2, 0.25) is 11.8 Å². The summed E-state index contributed by atoms with van der Waals surface area (Å²) < 4.78 is 0. The highest BCUT2D eigenvalue weighted by atomic mass is 16.2. The Bertz CT molecular complexity index is 315. The van der Waals surface area contributed by atoms with E-state index in [9.17, 15) is 9.59 Å². The van der Waals surface area contributed by atoms with Crippen LogP contribution in [0.1, 0.15) is 64.7 Å². The fourth-order valence-electron chi connectivity index (χ4n) is 2.88. The van der Waals surface area contributed by atoms with E-state index in [2.05, 4.69) is 17.6 Å². The maximum atomic E-state index is 11.8. The Morgan fingerprint density at radius 2 is 1.95 bits per heavy atom. The molecule has 1 aliphatic carbocycles. The molecule has 1 aliphatic rings. The SMILES string of the molecule is CCCCC(CN)NC(=O)CNC(=O)CCC1CCCC1. The van der Waals surface area contributed by atoms with Crippen LogP contribution < -0.4 is 16.4 Å². The van der Waals surface area contributed by atoms with Crippen molar-refractivity contribution in [2.24, 2.45) is 11.7 Å². The normalized spacial score (nSPS) is 16.7. The zero-order valence-electron chi connectivity index (χ0n) is 13.3. The third kappa shape index (κ3) is 8.05. The molecule has 2 amide bonds. The molecule has 21 heavy (non-hydrogen) atoms. The summed E-state index contributed by atoms with van der Waals surface area (Å²) in [7, 11) is 0. The molecule has 122 valence electrons. The third-order valence-electron chi connectivity index (χ3n) is 4.26. The van der Waals surface area contributed by atoms with E-state index < -0.39 is 0 Å². The molecule has 0 aromatic heterocycles. The lowest BCUT2D eigenvalue weighted by molar-refractivity contribution is -0.126. The van der Waals surface area contributed by atoms with E-state index in [-0.39, 0.29) is 24.4 Å². The van der Waals surface area contributed by atoms with Gasteiger partial charge in [0.15, 0.2) is 0 Å². The number of hydrogen-bond acceptors (Lipinski definition) is 3. The smallest absolute Gasteiger partial charge is 0.239 e. The van der Waals surface area contributed by atoms with Crippen molar-refractivity contribution >= 4 is 11.8 Å². The Kier molecular flexibility index (Phi) is 9.06. The van der Waals surface area contributed by atoms with E-state index in [0.29, 0.717) is 18.9 Å². The van der Waals surface area contributed by atoms with E-state index in [4.69, 9.17) is 5.73 Å². The van der Waals surface area contributed by atoms with Crippen LogP contribution in [0.25, 0.3) is 0 Å². The first kappa shape index (κ1) is 18.0. The molecule has 1 fully saturated rings. The van der Waals surface area contributed by atoms with Crippen LogP contribution in [-0.2, 0) is 9.59 Å². The standard InChI is InChI=1S/C16H31N3O2/c1-2-3-8-14(11-17)19-16(21)12-18-15(20)10-9-13-6-4-5-7-13/h13-14H,2-12,17H2,1H3,(H,18,20)(H,19,21). The molecule has 0 bridgehead atoms. The van der Waals surface area contributed by atoms with Crippen LogP contribution >= 0.6 is 0 Å². The van der Waals surface area contributed by atoms with Gasteiger partial charge in [-0.05, 0) is 18.8 Å². The molecule has 4 N–H and O–H groups in total. The summed E-state index contributed by atoms with van der Waals surface area (Å²) in [5.74, 6) is 0.547. The van der Waals surface area contributed by atoms with Gasteiger partial charge >= 0.3 is 0 Å². The van der Waals surface area contributed by atoms with Crippen LogP contribution in [0.4, 0.5) is 0 Å². The minimum absolute atomic E-state index is 0.0186. The number of nitrogens with two attached hydrogens (primary N) is 1. The van der Waals surface area contributed by atoms with Crippen LogP contribution in [0, 0.1) is 5.92 Å². The summed E-state index contributed by atoms with van der Waals surface area (Å²) in [6, 6.07) is 0.0211. The maximum Gasteiger partial charge on any atom is 0.239 e. The zero-order chi connectivity index (χ0) is 15.5. The number of carbonyl (C=O) groups excluding carboxylic acids is 2. The van der Waals surface area contributed by atoms with Crippen LogP contribution in [-0.4, -0.2) is 30.9 Å². The zero-order valence-corrected chi connectivity index (χ0v) is 13.3. The lowest BCUT2D eigenvalue weighted by Crippen LogP contribution is -2.45. The van der Waals surface area contributed by atoms with E-state index in [1.165, 1.54) is 25.7 Å². The molecule has 5 nitrogen and oxygen atoms in total. The Balaban J connectivity index is 2.11. The molecule has 0 saturated heterocycles. The summed E-state index contributed by atoms with van der Waals surface area (Å²) in [6.45, 7) is 2.62. The summed E-state index contributed by atoms with van der Waals surface area (Å²) >= 11 is 0. The van der Waals surface area contributed by atoms with Gasteiger partial charge < -0.3 is 16.4 Å². The van der Waals surface area contributed by atoms with Gasteiger partial charge in [-0.2, -0.15) is 0 Å². The molecule has 5 heteroatoms. The number of hydrogen-bond donors (Lipinski definition) is 3. The average Bonchev–Trinajstić information content (AvgIpc) is 3.00. The second-order valence-corrected chi connectivity index (χ2v) is 6.11. The highest BCUT2D eigenvalue weighted by molar-refractivity contribution is 5.84. The van der Waals surface area contributed by atoms with Crippen molar-refractivity contribution in [3.63, 3.8) is 0 Å². The molecular weight excluding hydrogens is 266 g/mol. The lowest BCUT2D eigenvalue weighted by Gasteiger charge is -2.16. The van der Waals surface area contributed by atoms with E-state index >= 15 is 0 Å². The van der Waals surface area contributed by atoms with Crippen LogP contribution in [0.2, 0.25) is 0 Å². The van der Waals surface area contributed by atoms with Gasteiger partial charge in [-0.3, -0.25) is 9.59 Å². The van der Waals surface area contributed by atoms with Crippen molar-refractivity contribution in [3.8, 4) is 0 Å². The predicted octanol–water partition coefficient (Wildman–Crippen LogP) is 1.71. The number of rotatable bonds is 10. The van der Waals surface area contributed by atoms with Crippen molar-refractivity contribution in [1.29, 1.82) is 0 Å². The van der Waals surface area contributed by atoms with Gasteiger partial charge in [0.25, 0.3) is 0 Å². The summed E-state index contributed by atoms with van der Waals surface area (Å²) in [5, 5.41) is 5.58. The molecule has 1 atom stereocenters. The number of carbonyl (C=O) groups is 2. The fraction of sp³-hybridized carbons (Fsp3) is 0.875. The number of unbranched alkanes of at least 4 members (excludes halogenated alkanes) is 1. The Morgan fingerprint density at radius 1 is 1.24 bits per heavy atom. The van der Waals surface area contributed by atoms with Crippen LogP contribution in [0.3, 0.4) is 0 Å². The maximum absolute atomic E-state index is 11.8. The quantitative estimate of drug-likeness (QED) is 0.574. The predicted molar refractivity (Wildman–Crippen MR) is 84.7 cm³/mol. The average molecular weight is 297 g/mol. The molecule has 1 saturated carbocycles. The number of nitrogens with one attached hydrogen (secondary N) is 2. The third-order valence-corrected chi connectivity index (χ3v) is 4.26. The molecule has 0 spiro atoms. The van der Waals surface area contributed by atoms with Gasteiger partial charge in [-0.25, -0.2) is 0 Å². The van der Waals surface area contributed by atoms with Gasteiger partial charge in [0.05, 0.1) is 6.54 Å². The van der Waals surface area contributed by atoms with Crippen molar-refractivity contribution in [2.75, 3.05) is 13.1 Å². The first-order valence-electron chi connectivity index (χ1n) is 8.41. The topological polar surface area (TPSA) is 84.2 Å². The first-order chi connectivity index (χ1) is 10.2. The lowest BCUT2D eigenvalue weighted by atomic mass is 10.0. The Hall–Kier alpha value is -1.10. The van der Waals surface area contributed by atoms with Crippen molar-refractivity contribution in [3.05, 3.63) is 0 Å². The molecule has 1 unspecified atom stereocenters. The minimum Gasteiger partial charge on any atom is -0.351 e. The van der Waals surface area contributed by atoms with Crippen molar-refractivity contribution in [2.45, 2.75) is 70.8 Å². The van der Waals surface area contributed by atoms with Crippen LogP contribution in [0.15, 0.2) is 0 Å². The molecule has 0 heterocycles. The molecular formula is C16H31N3O2. The number of amides is 2. The van der Waals surface area contributed by atoms with E-state index in [1.54, 1.807) is 0 Å². The summed E-state index contributed by atoms with van der Waals surface area (Å²) in [6.07, 6.45) is 9.63.